The largest absolute Gasteiger partial charge is 0.453 e. The van der Waals surface area contributed by atoms with Crippen molar-refractivity contribution in [3.8, 4) is 22.7 Å². The number of thioether (sulfide) groups is 1. The van der Waals surface area contributed by atoms with Crippen LogP contribution in [-0.2, 0) is 18.9 Å². The number of pyridine rings is 1. The van der Waals surface area contributed by atoms with Crippen LogP contribution in [0, 0.1) is 13.5 Å². The van der Waals surface area contributed by atoms with E-state index in [1.165, 1.54) is 86.5 Å². The van der Waals surface area contributed by atoms with Gasteiger partial charge >= 0.3 is 41.1 Å². The Morgan fingerprint density at radius 1 is 0.587 bits per heavy atom. The first kappa shape index (κ1) is 77.1. The minimum atomic E-state index is -0.793. The number of nitrogens with zero attached hydrogens (tertiary/aromatic N) is 22. The normalized spacial score (nSPS) is 11.0. The highest BCUT2D eigenvalue weighted by Gasteiger charge is 2.24. The molecule has 0 aliphatic rings. The average Bonchev–Trinajstić information content (AvgIpc) is 1.65. The third-order valence-electron chi connectivity index (χ3n) is 13.6. The summed E-state index contributed by atoms with van der Waals surface area (Å²) in [7, 11) is 3.64. The van der Waals surface area contributed by atoms with E-state index in [0.717, 1.165) is 10.1 Å². The quantitative estimate of drug-likeness (QED) is 0.0122. The van der Waals surface area contributed by atoms with Gasteiger partial charge in [0, 0.05) is 6.20 Å². The number of aryl methyl sites for hydroxylation is 1. The summed E-state index contributed by atoms with van der Waals surface area (Å²) in [4.78, 5) is 104. The van der Waals surface area contributed by atoms with E-state index in [0.29, 0.717) is 45.0 Å². The summed E-state index contributed by atoms with van der Waals surface area (Å²) in [6, 6.07) is 38.9. The highest BCUT2D eigenvalue weighted by atomic mass is 35.5. The number of anilines is 4. The van der Waals surface area contributed by atoms with Crippen molar-refractivity contribution < 1.29 is 38.1 Å². The van der Waals surface area contributed by atoms with E-state index >= 15 is 0 Å². The molecule has 0 spiro atoms. The van der Waals surface area contributed by atoms with Gasteiger partial charge in [0.15, 0.2) is 67.1 Å². The Morgan fingerprint density at radius 3 is 1.58 bits per heavy atom. The molecule has 4 amide bonds. The molecule has 45 heteroatoms. The zero-order valence-electron chi connectivity index (χ0n) is 57.3. The number of amides is 4. The number of aromatic nitrogens is 17. The van der Waals surface area contributed by atoms with Crippen molar-refractivity contribution in [1.29, 1.82) is 0 Å². The number of fused-ring (bicyclic) bond motifs is 1. The first-order chi connectivity index (χ1) is 52.9. The van der Waals surface area contributed by atoms with Gasteiger partial charge < -0.3 is 18.9 Å². The second-order valence-electron chi connectivity index (χ2n) is 20.7. The monoisotopic (exact) mass is 1550 g/mol. The maximum atomic E-state index is 13.0. The second kappa shape index (κ2) is 37.3. The maximum Gasteiger partial charge on any atom is 0.412 e. The number of methoxy groups -OCH3 is 3. The van der Waals surface area contributed by atoms with Gasteiger partial charge in [0.25, 0.3) is 10.8 Å². The van der Waals surface area contributed by atoms with Gasteiger partial charge in [0.1, 0.15) is 22.9 Å². The third-order valence-corrected chi connectivity index (χ3v) is 16.2. The Morgan fingerprint density at radius 2 is 1.09 bits per heavy atom. The lowest BCUT2D eigenvalue weighted by Gasteiger charge is -2.03. The van der Waals surface area contributed by atoms with E-state index < -0.39 is 41.1 Å². The molecule has 13 rings (SSSR count). The lowest BCUT2D eigenvalue weighted by atomic mass is 10.3. The first-order valence-electron chi connectivity index (χ1n) is 31.3. The number of aromatic amines is 4. The van der Waals surface area contributed by atoms with Gasteiger partial charge in [-0.2, -0.15) is 5.10 Å². The minimum absolute atomic E-state index is 0.00964. The van der Waals surface area contributed by atoms with Crippen molar-refractivity contribution in [3.63, 3.8) is 0 Å². The maximum absolute atomic E-state index is 13.0. The molecule has 554 valence electrons. The van der Waals surface area contributed by atoms with Gasteiger partial charge in [0.2, 0.25) is 5.65 Å². The molecule has 0 atom stereocenters. The van der Waals surface area contributed by atoms with E-state index in [1.807, 2.05) is 43.3 Å². The van der Waals surface area contributed by atoms with Crippen LogP contribution in [0.4, 0.5) is 93.3 Å². The summed E-state index contributed by atoms with van der Waals surface area (Å²) in [6.07, 6.45) is 2.71. The molecule has 0 aliphatic heterocycles. The van der Waals surface area contributed by atoms with Crippen molar-refractivity contribution in [2.24, 2.45) is 40.9 Å². The summed E-state index contributed by atoms with van der Waals surface area (Å²) < 4.78 is 25.9. The number of halogens is 2. The number of carbonyl (C=O) groups excluding carboxylic acids is 4. The molecule has 4 aromatic carbocycles. The summed E-state index contributed by atoms with van der Waals surface area (Å²) in [5, 5.41) is 69.7. The topological polar surface area (TPSA) is 498 Å². The van der Waals surface area contributed by atoms with Crippen LogP contribution >= 0.6 is 46.3 Å². The second-order valence-corrected chi connectivity index (χ2v) is 23.9. The zero-order valence-corrected chi connectivity index (χ0v) is 60.5. The van der Waals surface area contributed by atoms with Gasteiger partial charge in [-0.15, -0.1) is 60.8 Å². The fraction of sp³-hybridized carbons (Fsp3) is 0.125. The molecular formula is C64H56Cl2N30O11S2. The van der Waals surface area contributed by atoms with Gasteiger partial charge in [-0.25, -0.2) is 57.7 Å². The lowest BCUT2D eigenvalue weighted by Crippen LogP contribution is -2.13. The van der Waals surface area contributed by atoms with Crippen molar-refractivity contribution in [3.05, 3.63) is 217 Å². The SMILES string of the molecule is CCOC(=O)Nc1nn2[nH]c(C)nc2c1N=Nc1ncnc(Cl)c1Cl.CCSc1nnc(N=Nc2c(NC(=O)OC)[nH]n(-c3ccccc3)c2=O)s1.COC(=O)Nc1[nH]n(-c2ccccc2)c(=O)c1N=Nc1cccnc1.[C-]#[N+]c1cnn(-c2ccccc2)c1N=Nc1c(NC(=O)OC)[nH]n(-c2ccccc2)c1=O. The van der Waals surface area contributed by atoms with Crippen LogP contribution in [0.5, 0.6) is 0 Å². The number of ether oxygens (including phenoxy) is 4. The highest BCUT2D eigenvalue weighted by Crippen LogP contribution is 2.36. The molecule has 13 aromatic rings. The summed E-state index contributed by atoms with van der Waals surface area (Å²) in [5.41, 5.74) is 1.72. The van der Waals surface area contributed by atoms with Crippen LogP contribution in [0.2, 0.25) is 10.2 Å². The standard InChI is InChI=1S/C21H16N8O3.C16H14N6O3.C15H15N7O3S2.C12H11Cl2N9O2/c1-22-16-13-23-28(14-9-5-3-6-10-14)19(16)26-25-17-18(24-21(31)32-2)27-29(20(17)30)15-11-7-4-8-12-15;1-25-16(24)18-14-13(20-19-11-6-5-9-17-10-11)15(23)22(21-14)12-7-3-2-4-8-12;1-3-26-15-20-19-13(27-15)18-17-10-11(16-14(24)25-2)21-22(12(10)23)9-7-5-4-6-8-9;1-3-25-12(24)18-10-7(11-17-5(2)21-23(11)22-10)19-20-9-6(13)8(14)15-4-16-9/h3-13,27H,2H3,(H,24,31);2-10,21H,1H3,(H,18,24);4-8,21H,3H2,1-2H3,(H,16,24);4H,3H2,1-2H3,(H,17,21)(H,18,22,24). The number of rotatable bonds is 19. The fourth-order valence-corrected chi connectivity index (χ4v) is 10.6. The number of hydrogen-bond donors (Lipinski definition) is 8. The molecular weight excluding hydrogens is 1500 g/mol. The number of benzene rings is 4. The Hall–Kier alpha value is -14.5. The predicted octanol–water partition coefficient (Wildman–Crippen LogP) is 14.8. The molecule has 0 aliphatic carbocycles. The molecule has 0 saturated heterocycles. The molecule has 109 heavy (non-hydrogen) atoms. The third kappa shape index (κ3) is 19.7. The van der Waals surface area contributed by atoms with Crippen LogP contribution in [0.1, 0.15) is 19.7 Å². The Balaban J connectivity index is 0.000000156. The van der Waals surface area contributed by atoms with E-state index in [9.17, 15) is 33.6 Å². The molecule has 9 heterocycles. The molecule has 9 aromatic heterocycles. The van der Waals surface area contributed by atoms with Crippen molar-refractivity contribution in [2.75, 3.05) is 55.0 Å². The predicted molar refractivity (Wildman–Crippen MR) is 399 cm³/mol. The number of H-pyrrole nitrogens is 4. The highest BCUT2D eigenvalue weighted by molar-refractivity contribution is 8.01. The molecule has 0 fully saturated rings. The Bertz CT molecular complexity index is 5690. The van der Waals surface area contributed by atoms with Crippen LogP contribution in [-0.4, -0.2) is 142 Å². The molecule has 8 N–H and O–H groups in total. The molecule has 41 nitrogen and oxygen atoms in total. The summed E-state index contributed by atoms with van der Waals surface area (Å²) >= 11 is 14.6. The number of nitrogens with one attached hydrogen (secondary N) is 8. The van der Waals surface area contributed by atoms with E-state index in [2.05, 4.69) is 142 Å². The van der Waals surface area contributed by atoms with Crippen LogP contribution < -0.4 is 37.9 Å². The van der Waals surface area contributed by atoms with Crippen molar-refractivity contribution in [1.82, 2.24) is 84.1 Å². The summed E-state index contributed by atoms with van der Waals surface area (Å²) in [6.45, 7) is 13.0. The Labute approximate surface area is 630 Å². The van der Waals surface area contributed by atoms with Gasteiger partial charge in [0.05, 0.1) is 69.7 Å². The zero-order chi connectivity index (χ0) is 77.3. The summed E-state index contributed by atoms with van der Waals surface area (Å²) in [5.74, 6) is 1.91. The van der Waals surface area contributed by atoms with Gasteiger partial charge in [-0.05, 0) is 80.3 Å². The lowest BCUT2D eigenvalue weighted by molar-refractivity contribution is 0.167. The van der Waals surface area contributed by atoms with E-state index in [-0.39, 0.29) is 80.1 Å². The van der Waals surface area contributed by atoms with Crippen LogP contribution in [0.3, 0.4) is 0 Å². The van der Waals surface area contributed by atoms with E-state index in [4.69, 9.17) is 34.5 Å². The number of hydrogen-bond acceptors (Lipinski definition) is 29. The van der Waals surface area contributed by atoms with Crippen LogP contribution in [0.25, 0.3) is 33.2 Å². The smallest absolute Gasteiger partial charge is 0.412 e. The molecule has 0 bridgehead atoms. The van der Waals surface area contributed by atoms with Crippen LogP contribution in [0.15, 0.2) is 218 Å². The van der Waals surface area contributed by atoms with Gasteiger partial charge in [-0.1, -0.05) is 126 Å². The molecule has 0 unspecified atom stereocenters. The molecule has 0 radical (unpaired) electrons. The number of carbonyl (C=O) groups is 4. The average molecular weight is 1560 g/mol. The van der Waals surface area contributed by atoms with Gasteiger partial charge in [-0.3, -0.25) is 61.0 Å². The van der Waals surface area contributed by atoms with Crippen molar-refractivity contribution in [2.45, 2.75) is 25.1 Å². The molecule has 0 saturated carbocycles. The van der Waals surface area contributed by atoms with E-state index in [1.54, 1.807) is 117 Å². The number of azo groups is 4. The minimum Gasteiger partial charge on any atom is -0.453 e. The fourth-order valence-electron chi connectivity index (χ4n) is 8.82. The van der Waals surface area contributed by atoms with Crippen molar-refractivity contribution >= 4 is 150 Å². The first-order valence-corrected chi connectivity index (χ1v) is 33.8. The number of para-hydroxylation sites is 4. The Kier molecular flexibility index (Phi) is 26.4.